The smallest absolute Gasteiger partial charge is 0.106 e. The monoisotopic (exact) mass is 281 g/mol. The maximum Gasteiger partial charge on any atom is 0.106 e. The molecule has 0 saturated carbocycles. The minimum Gasteiger partial charge on any atom is -0.389 e. The molecule has 0 saturated heterocycles. The van der Waals surface area contributed by atoms with Gasteiger partial charge in [0.1, 0.15) is 6.10 Å². The number of aromatic nitrogens is 1. The van der Waals surface area contributed by atoms with Crippen molar-refractivity contribution in [3.8, 4) is 0 Å². The number of nitrogens with zero attached hydrogens (tertiary/aromatic N) is 1. The van der Waals surface area contributed by atoms with Crippen molar-refractivity contribution >= 4 is 26.7 Å². The number of rotatable bonds is 3. The number of benzene rings is 1. The van der Waals surface area contributed by atoms with Crippen LogP contribution in [0.25, 0.3) is 10.8 Å². The summed E-state index contributed by atoms with van der Waals surface area (Å²) < 4.78 is 0. The van der Waals surface area contributed by atoms with Crippen molar-refractivity contribution in [2.75, 3.05) is 5.33 Å². The van der Waals surface area contributed by atoms with Gasteiger partial charge in [0.2, 0.25) is 0 Å². The van der Waals surface area contributed by atoms with Gasteiger partial charge in [-0.05, 0) is 23.1 Å². The van der Waals surface area contributed by atoms with Gasteiger partial charge in [-0.25, -0.2) is 0 Å². The molecule has 0 spiro atoms. The predicted octanol–water partition coefficient (Wildman–Crippen LogP) is 2.02. The number of alkyl halides is 1. The molecule has 1 aromatic carbocycles. The summed E-state index contributed by atoms with van der Waals surface area (Å²) in [6, 6.07) is 7.45. The maximum atomic E-state index is 9.85. The first-order valence-electron chi connectivity index (χ1n) is 4.98. The van der Waals surface area contributed by atoms with Gasteiger partial charge in [0.15, 0.2) is 0 Å². The molecule has 4 heteroatoms. The summed E-state index contributed by atoms with van der Waals surface area (Å²) in [5, 5.41) is 21.8. The molecule has 0 aliphatic carbocycles. The van der Waals surface area contributed by atoms with Crippen LogP contribution in [-0.4, -0.2) is 26.6 Å². The molecule has 3 nitrogen and oxygen atoms in total. The fourth-order valence-corrected chi connectivity index (χ4v) is 1.95. The summed E-state index contributed by atoms with van der Waals surface area (Å²) in [7, 11) is 0. The van der Waals surface area contributed by atoms with Gasteiger partial charge in [0.25, 0.3) is 0 Å². The van der Waals surface area contributed by atoms with Crippen LogP contribution in [0.3, 0.4) is 0 Å². The standard InChI is InChI=1S/C12H12BrNO2/c13-6-11(15)12(16)9-1-2-10-7-14-4-3-8(10)5-9/h1-5,7,11-12,15-16H,6H2. The summed E-state index contributed by atoms with van der Waals surface area (Å²) >= 11 is 3.14. The molecule has 1 aromatic heterocycles. The van der Waals surface area contributed by atoms with Crippen LogP contribution in [-0.2, 0) is 0 Å². The number of aliphatic hydroxyl groups is 2. The molecule has 2 atom stereocenters. The third-order valence-corrected chi connectivity index (χ3v) is 3.19. The lowest BCUT2D eigenvalue weighted by Gasteiger charge is -2.16. The van der Waals surface area contributed by atoms with Crippen LogP contribution in [0.5, 0.6) is 0 Å². The first kappa shape index (κ1) is 11.5. The molecule has 2 aromatic rings. The average Bonchev–Trinajstić information content (AvgIpc) is 2.36. The highest BCUT2D eigenvalue weighted by Crippen LogP contribution is 2.22. The Hall–Kier alpha value is -0.970. The second-order valence-corrected chi connectivity index (χ2v) is 4.30. The van der Waals surface area contributed by atoms with E-state index in [-0.39, 0.29) is 0 Å². The summed E-state index contributed by atoms with van der Waals surface area (Å²) in [4.78, 5) is 4.02. The van der Waals surface area contributed by atoms with Gasteiger partial charge in [-0.15, -0.1) is 0 Å². The molecule has 0 radical (unpaired) electrons. The molecular weight excluding hydrogens is 270 g/mol. The van der Waals surface area contributed by atoms with Crippen LogP contribution >= 0.6 is 15.9 Å². The molecule has 16 heavy (non-hydrogen) atoms. The largest absolute Gasteiger partial charge is 0.389 e. The Morgan fingerprint density at radius 3 is 2.75 bits per heavy atom. The van der Waals surface area contributed by atoms with Gasteiger partial charge >= 0.3 is 0 Å². The van der Waals surface area contributed by atoms with E-state index in [9.17, 15) is 10.2 Å². The van der Waals surface area contributed by atoms with Crippen molar-refractivity contribution in [3.63, 3.8) is 0 Å². The SMILES string of the molecule is OC(CBr)C(O)c1ccc2cnccc2c1. The van der Waals surface area contributed by atoms with Crippen LogP contribution in [0.1, 0.15) is 11.7 Å². The van der Waals surface area contributed by atoms with Crippen molar-refractivity contribution in [1.29, 1.82) is 0 Å². The Balaban J connectivity index is 2.39. The highest BCUT2D eigenvalue weighted by molar-refractivity contribution is 9.09. The molecule has 2 N–H and O–H groups in total. The number of aliphatic hydroxyl groups excluding tert-OH is 2. The van der Waals surface area contributed by atoms with Crippen LogP contribution in [0.4, 0.5) is 0 Å². The zero-order valence-corrected chi connectivity index (χ0v) is 10.1. The molecular formula is C12H12BrNO2. The first-order valence-corrected chi connectivity index (χ1v) is 6.10. The molecule has 2 unspecified atom stereocenters. The third kappa shape index (κ3) is 2.24. The summed E-state index contributed by atoms with van der Waals surface area (Å²) in [6.45, 7) is 0. The average molecular weight is 282 g/mol. The molecule has 0 aliphatic rings. The summed E-state index contributed by atoms with van der Waals surface area (Å²) in [6.07, 6.45) is 1.82. The Morgan fingerprint density at radius 1 is 1.19 bits per heavy atom. The quantitative estimate of drug-likeness (QED) is 0.847. The van der Waals surface area contributed by atoms with Crippen molar-refractivity contribution < 1.29 is 10.2 Å². The van der Waals surface area contributed by atoms with E-state index in [2.05, 4.69) is 20.9 Å². The Labute approximate surface area is 102 Å². The molecule has 0 bridgehead atoms. The van der Waals surface area contributed by atoms with E-state index in [1.165, 1.54) is 0 Å². The highest BCUT2D eigenvalue weighted by Gasteiger charge is 2.16. The van der Waals surface area contributed by atoms with E-state index >= 15 is 0 Å². The fraction of sp³-hybridized carbons (Fsp3) is 0.250. The van der Waals surface area contributed by atoms with Crippen LogP contribution in [0.2, 0.25) is 0 Å². The van der Waals surface area contributed by atoms with Gasteiger partial charge < -0.3 is 10.2 Å². The first-order chi connectivity index (χ1) is 7.72. The topological polar surface area (TPSA) is 53.4 Å². The van der Waals surface area contributed by atoms with Gasteiger partial charge in [-0.3, -0.25) is 4.98 Å². The van der Waals surface area contributed by atoms with Gasteiger partial charge in [0.05, 0.1) is 6.10 Å². The van der Waals surface area contributed by atoms with Crippen molar-refractivity contribution in [1.82, 2.24) is 4.98 Å². The Bertz CT molecular complexity index is 489. The number of hydrogen-bond acceptors (Lipinski definition) is 3. The minimum absolute atomic E-state index is 0.350. The predicted molar refractivity (Wildman–Crippen MR) is 66.5 cm³/mol. The van der Waals surface area contributed by atoms with Crippen molar-refractivity contribution in [3.05, 3.63) is 42.2 Å². The van der Waals surface area contributed by atoms with Gasteiger partial charge in [-0.1, -0.05) is 28.1 Å². The van der Waals surface area contributed by atoms with E-state index in [1.54, 1.807) is 18.5 Å². The molecule has 2 rings (SSSR count). The van der Waals surface area contributed by atoms with Crippen molar-refractivity contribution in [2.24, 2.45) is 0 Å². The molecule has 84 valence electrons. The molecule has 0 amide bonds. The maximum absolute atomic E-state index is 9.85. The number of hydrogen-bond donors (Lipinski definition) is 2. The lowest BCUT2D eigenvalue weighted by Crippen LogP contribution is -2.19. The minimum atomic E-state index is -0.864. The Morgan fingerprint density at radius 2 is 2.00 bits per heavy atom. The van der Waals surface area contributed by atoms with Gasteiger partial charge in [-0.2, -0.15) is 0 Å². The van der Waals surface area contributed by atoms with E-state index in [4.69, 9.17) is 0 Å². The molecule has 0 aliphatic heterocycles. The van der Waals surface area contributed by atoms with E-state index in [1.807, 2.05) is 18.2 Å². The fourth-order valence-electron chi connectivity index (χ4n) is 1.59. The van der Waals surface area contributed by atoms with Crippen LogP contribution < -0.4 is 0 Å². The molecule has 0 fully saturated rings. The van der Waals surface area contributed by atoms with Crippen LogP contribution in [0, 0.1) is 0 Å². The zero-order chi connectivity index (χ0) is 11.5. The normalized spacial score (nSPS) is 14.9. The summed E-state index contributed by atoms with van der Waals surface area (Å²) in [5.41, 5.74) is 0.714. The second-order valence-electron chi connectivity index (χ2n) is 3.65. The number of pyridine rings is 1. The lowest BCUT2D eigenvalue weighted by molar-refractivity contribution is 0.0343. The lowest BCUT2D eigenvalue weighted by atomic mass is 10.0. The number of fused-ring (bicyclic) bond motifs is 1. The second kappa shape index (κ2) is 4.91. The van der Waals surface area contributed by atoms with Crippen molar-refractivity contribution in [2.45, 2.75) is 12.2 Å². The molecule has 1 heterocycles. The van der Waals surface area contributed by atoms with Crippen LogP contribution in [0.15, 0.2) is 36.7 Å². The van der Waals surface area contributed by atoms with E-state index in [0.717, 1.165) is 10.8 Å². The third-order valence-electron chi connectivity index (χ3n) is 2.53. The number of halogens is 1. The highest BCUT2D eigenvalue weighted by atomic mass is 79.9. The van der Waals surface area contributed by atoms with E-state index < -0.39 is 12.2 Å². The van der Waals surface area contributed by atoms with E-state index in [0.29, 0.717) is 10.9 Å². The summed E-state index contributed by atoms with van der Waals surface area (Å²) in [5.74, 6) is 0. The van der Waals surface area contributed by atoms with Gasteiger partial charge in [0, 0.05) is 23.1 Å². The Kier molecular flexibility index (Phi) is 3.53. The zero-order valence-electron chi connectivity index (χ0n) is 8.55.